The number of likely N-dealkylation sites (tertiary alicyclic amines) is 1. The molecule has 1 aromatic carbocycles. The monoisotopic (exact) mass is 317 g/mol. The first-order valence-corrected chi connectivity index (χ1v) is 8.41. The summed E-state index contributed by atoms with van der Waals surface area (Å²) in [6, 6.07) is 6.24. The van der Waals surface area contributed by atoms with Crippen LogP contribution in [0.2, 0.25) is 0 Å². The third kappa shape index (κ3) is 5.93. The number of amides is 2. The first kappa shape index (κ1) is 17.3. The van der Waals surface area contributed by atoms with E-state index in [9.17, 15) is 9.59 Å². The maximum Gasteiger partial charge on any atom is 0.241 e. The van der Waals surface area contributed by atoms with E-state index >= 15 is 0 Å². The fourth-order valence-electron chi connectivity index (χ4n) is 2.91. The Bertz CT molecular complexity index is 531. The maximum atomic E-state index is 12.0. The molecule has 1 aromatic rings. The van der Waals surface area contributed by atoms with Gasteiger partial charge in [-0.2, -0.15) is 0 Å². The number of rotatable bonds is 6. The molecule has 0 unspecified atom stereocenters. The van der Waals surface area contributed by atoms with Crippen molar-refractivity contribution in [3.63, 3.8) is 0 Å². The van der Waals surface area contributed by atoms with Crippen molar-refractivity contribution in [2.45, 2.75) is 39.5 Å². The molecule has 1 saturated heterocycles. The number of piperidine rings is 1. The first-order chi connectivity index (χ1) is 11.0. The minimum Gasteiger partial charge on any atom is -0.385 e. The van der Waals surface area contributed by atoms with Crippen LogP contribution in [-0.4, -0.2) is 42.9 Å². The van der Waals surface area contributed by atoms with Gasteiger partial charge in [0, 0.05) is 31.7 Å². The standard InChI is InChI=1S/C18H27N3O2/c1-14-10-15(2)12-16(11-14)19-7-6-17(22)20-13-18(23)21-8-4-3-5-9-21/h10-12,19H,3-9,13H2,1-2H3,(H,20,22). The van der Waals surface area contributed by atoms with Crippen LogP contribution in [0.15, 0.2) is 18.2 Å². The van der Waals surface area contributed by atoms with E-state index in [0.29, 0.717) is 13.0 Å². The smallest absolute Gasteiger partial charge is 0.241 e. The number of benzene rings is 1. The van der Waals surface area contributed by atoms with Gasteiger partial charge in [0.1, 0.15) is 0 Å². The van der Waals surface area contributed by atoms with Crippen LogP contribution < -0.4 is 10.6 Å². The summed E-state index contributed by atoms with van der Waals surface area (Å²) in [6.07, 6.45) is 3.69. The van der Waals surface area contributed by atoms with Crippen LogP contribution >= 0.6 is 0 Å². The molecule has 5 nitrogen and oxygen atoms in total. The van der Waals surface area contributed by atoms with Gasteiger partial charge in [0.2, 0.25) is 11.8 Å². The summed E-state index contributed by atoms with van der Waals surface area (Å²) in [6.45, 7) is 6.43. The summed E-state index contributed by atoms with van der Waals surface area (Å²) in [5.74, 6) is -0.0625. The van der Waals surface area contributed by atoms with Crippen molar-refractivity contribution in [3.8, 4) is 0 Å². The van der Waals surface area contributed by atoms with Crippen molar-refractivity contribution < 1.29 is 9.59 Å². The van der Waals surface area contributed by atoms with E-state index in [1.54, 1.807) is 0 Å². The average Bonchev–Trinajstić information content (AvgIpc) is 2.52. The summed E-state index contributed by atoms with van der Waals surface area (Å²) in [5, 5.41) is 5.97. The molecule has 1 aliphatic heterocycles. The normalized spacial score (nSPS) is 14.4. The van der Waals surface area contributed by atoms with Crippen LogP contribution in [0.4, 0.5) is 5.69 Å². The van der Waals surface area contributed by atoms with Gasteiger partial charge in [0.25, 0.3) is 0 Å². The lowest BCUT2D eigenvalue weighted by Crippen LogP contribution is -2.42. The number of nitrogens with one attached hydrogen (secondary N) is 2. The van der Waals surface area contributed by atoms with E-state index in [4.69, 9.17) is 0 Å². The number of nitrogens with zero attached hydrogens (tertiary/aromatic N) is 1. The Morgan fingerprint density at radius 1 is 1.04 bits per heavy atom. The average molecular weight is 317 g/mol. The van der Waals surface area contributed by atoms with E-state index in [0.717, 1.165) is 31.6 Å². The molecule has 126 valence electrons. The van der Waals surface area contributed by atoms with Gasteiger partial charge in [-0.3, -0.25) is 9.59 Å². The van der Waals surface area contributed by atoms with Gasteiger partial charge in [0.05, 0.1) is 6.54 Å². The van der Waals surface area contributed by atoms with E-state index < -0.39 is 0 Å². The van der Waals surface area contributed by atoms with Crippen LogP contribution in [0, 0.1) is 13.8 Å². The molecule has 0 aromatic heterocycles. The zero-order valence-corrected chi connectivity index (χ0v) is 14.2. The third-order valence-electron chi connectivity index (χ3n) is 4.05. The molecule has 1 aliphatic rings. The van der Waals surface area contributed by atoms with Crippen molar-refractivity contribution in [2.24, 2.45) is 0 Å². The number of carbonyl (C=O) groups excluding carboxylic acids is 2. The number of anilines is 1. The summed E-state index contributed by atoms with van der Waals surface area (Å²) >= 11 is 0. The van der Waals surface area contributed by atoms with Crippen LogP contribution in [-0.2, 0) is 9.59 Å². The SMILES string of the molecule is Cc1cc(C)cc(NCCC(=O)NCC(=O)N2CCCCC2)c1. The second kappa shape index (κ2) is 8.56. The van der Waals surface area contributed by atoms with Crippen molar-refractivity contribution in [1.29, 1.82) is 0 Å². The van der Waals surface area contributed by atoms with Crippen LogP contribution in [0.1, 0.15) is 36.8 Å². The van der Waals surface area contributed by atoms with E-state index in [-0.39, 0.29) is 18.4 Å². The van der Waals surface area contributed by atoms with Crippen LogP contribution in [0.3, 0.4) is 0 Å². The summed E-state index contributed by atoms with van der Waals surface area (Å²) in [4.78, 5) is 25.6. The molecule has 0 spiro atoms. The van der Waals surface area contributed by atoms with Gasteiger partial charge in [-0.05, 0) is 56.4 Å². The van der Waals surface area contributed by atoms with Gasteiger partial charge in [0.15, 0.2) is 0 Å². The molecule has 0 saturated carbocycles. The van der Waals surface area contributed by atoms with Gasteiger partial charge >= 0.3 is 0 Å². The highest BCUT2D eigenvalue weighted by Crippen LogP contribution is 2.13. The fourth-order valence-corrected chi connectivity index (χ4v) is 2.91. The Morgan fingerprint density at radius 3 is 2.35 bits per heavy atom. The van der Waals surface area contributed by atoms with Gasteiger partial charge in [-0.1, -0.05) is 6.07 Å². The van der Waals surface area contributed by atoms with Crippen molar-refractivity contribution in [1.82, 2.24) is 10.2 Å². The lowest BCUT2D eigenvalue weighted by molar-refractivity contribution is -0.133. The molecule has 0 radical (unpaired) electrons. The Kier molecular flexibility index (Phi) is 6.44. The zero-order chi connectivity index (χ0) is 16.7. The first-order valence-electron chi connectivity index (χ1n) is 8.41. The topological polar surface area (TPSA) is 61.4 Å². The number of hydrogen-bond acceptors (Lipinski definition) is 3. The Hall–Kier alpha value is -2.04. The van der Waals surface area contributed by atoms with E-state index in [1.807, 2.05) is 4.90 Å². The van der Waals surface area contributed by atoms with E-state index in [1.165, 1.54) is 17.5 Å². The largest absolute Gasteiger partial charge is 0.385 e. The highest BCUT2D eigenvalue weighted by atomic mass is 16.2. The molecular weight excluding hydrogens is 290 g/mol. The third-order valence-corrected chi connectivity index (χ3v) is 4.05. The predicted molar refractivity (Wildman–Crippen MR) is 92.5 cm³/mol. The quantitative estimate of drug-likeness (QED) is 0.846. The molecule has 0 atom stereocenters. The van der Waals surface area contributed by atoms with Crippen molar-refractivity contribution >= 4 is 17.5 Å². The predicted octanol–water partition coefficient (Wildman–Crippen LogP) is 2.23. The van der Waals surface area contributed by atoms with Gasteiger partial charge in [-0.15, -0.1) is 0 Å². The molecule has 2 amide bonds. The minimum atomic E-state index is -0.0905. The van der Waals surface area contributed by atoms with E-state index in [2.05, 4.69) is 42.7 Å². The maximum absolute atomic E-state index is 12.0. The lowest BCUT2D eigenvalue weighted by Gasteiger charge is -2.26. The zero-order valence-electron chi connectivity index (χ0n) is 14.2. The molecule has 2 N–H and O–H groups in total. The van der Waals surface area contributed by atoms with Gasteiger partial charge < -0.3 is 15.5 Å². The fraction of sp³-hybridized carbons (Fsp3) is 0.556. The molecule has 0 bridgehead atoms. The number of aryl methyl sites for hydroxylation is 2. The molecule has 5 heteroatoms. The minimum absolute atomic E-state index is 0.0281. The Labute approximate surface area is 138 Å². The molecule has 1 fully saturated rings. The Morgan fingerprint density at radius 2 is 1.70 bits per heavy atom. The Balaban J connectivity index is 1.65. The highest BCUT2D eigenvalue weighted by molar-refractivity contribution is 5.85. The molecular formula is C18H27N3O2. The van der Waals surface area contributed by atoms with Crippen molar-refractivity contribution in [3.05, 3.63) is 29.3 Å². The second-order valence-corrected chi connectivity index (χ2v) is 6.27. The molecule has 2 rings (SSSR count). The lowest BCUT2D eigenvalue weighted by atomic mass is 10.1. The summed E-state index contributed by atoms with van der Waals surface area (Å²) in [7, 11) is 0. The van der Waals surface area contributed by atoms with Crippen molar-refractivity contribution in [2.75, 3.05) is 31.5 Å². The summed E-state index contributed by atoms with van der Waals surface area (Å²) < 4.78 is 0. The molecule has 0 aliphatic carbocycles. The van der Waals surface area contributed by atoms with Crippen LogP contribution in [0.5, 0.6) is 0 Å². The van der Waals surface area contributed by atoms with Crippen LogP contribution in [0.25, 0.3) is 0 Å². The van der Waals surface area contributed by atoms with Gasteiger partial charge in [-0.25, -0.2) is 0 Å². The second-order valence-electron chi connectivity index (χ2n) is 6.27. The molecule has 23 heavy (non-hydrogen) atoms. The number of carbonyl (C=O) groups is 2. The summed E-state index contributed by atoms with van der Waals surface area (Å²) in [5.41, 5.74) is 3.42. The molecule has 1 heterocycles. The highest BCUT2D eigenvalue weighted by Gasteiger charge is 2.16. The number of hydrogen-bond donors (Lipinski definition) is 2.